The van der Waals surface area contributed by atoms with Crippen molar-refractivity contribution in [3.8, 4) is 0 Å². The Bertz CT molecular complexity index is 1200. The molecule has 0 heterocycles. The molecule has 0 aromatic rings. The van der Waals surface area contributed by atoms with Gasteiger partial charge >= 0.3 is 17.9 Å². The Balaban J connectivity index is 4.18. The van der Waals surface area contributed by atoms with E-state index in [4.69, 9.17) is 14.2 Å². The van der Waals surface area contributed by atoms with E-state index >= 15 is 0 Å². The summed E-state index contributed by atoms with van der Waals surface area (Å²) in [6.45, 7) is 6.61. The lowest BCUT2D eigenvalue weighted by atomic mass is 10.0. The van der Waals surface area contributed by atoms with Gasteiger partial charge in [0, 0.05) is 19.3 Å². The summed E-state index contributed by atoms with van der Waals surface area (Å²) in [4.78, 5) is 38.0. The number of carbonyl (C=O) groups is 3. The van der Waals surface area contributed by atoms with Crippen molar-refractivity contribution in [2.45, 2.75) is 322 Å². The van der Waals surface area contributed by atoms with Gasteiger partial charge in [-0.3, -0.25) is 14.4 Å². The van der Waals surface area contributed by atoms with Crippen LogP contribution in [0.2, 0.25) is 0 Å². The number of hydrogen-bond acceptors (Lipinski definition) is 6. The van der Waals surface area contributed by atoms with Gasteiger partial charge in [0.25, 0.3) is 0 Å². The van der Waals surface area contributed by atoms with E-state index in [2.05, 4.69) is 69.4 Å². The van der Waals surface area contributed by atoms with E-state index in [0.29, 0.717) is 19.3 Å². The Kier molecular flexibility index (Phi) is 55.7. The maximum absolute atomic E-state index is 12.8. The lowest BCUT2D eigenvalue weighted by Crippen LogP contribution is -2.30. The minimum Gasteiger partial charge on any atom is -0.462 e. The van der Waals surface area contributed by atoms with Gasteiger partial charge in [0.1, 0.15) is 13.2 Å². The van der Waals surface area contributed by atoms with E-state index in [9.17, 15) is 14.4 Å². The van der Waals surface area contributed by atoms with Crippen LogP contribution < -0.4 is 0 Å². The van der Waals surface area contributed by atoms with E-state index in [1.807, 2.05) is 0 Å². The van der Waals surface area contributed by atoms with Crippen LogP contribution in [0.4, 0.5) is 0 Å². The van der Waals surface area contributed by atoms with Gasteiger partial charge in [0.2, 0.25) is 0 Å². The minimum atomic E-state index is -0.777. The maximum Gasteiger partial charge on any atom is 0.306 e. The van der Waals surface area contributed by atoms with E-state index < -0.39 is 6.10 Å². The third kappa shape index (κ3) is 56.2. The fraction of sp³-hybridized carbons (Fsp3) is 0.825. The summed E-state index contributed by atoms with van der Waals surface area (Å²) in [5.74, 6) is -0.883. The van der Waals surface area contributed by atoms with Crippen LogP contribution in [0, 0.1) is 0 Å². The number of rotatable bonds is 55. The minimum absolute atomic E-state index is 0.0767. The van der Waals surface area contributed by atoms with Crippen LogP contribution in [0.1, 0.15) is 316 Å². The molecule has 0 N–H and O–H groups in total. The van der Waals surface area contributed by atoms with Crippen molar-refractivity contribution in [2.24, 2.45) is 0 Å². The second-order valence-electron chi connectivity index (χ2n) is 20.3. The van der Waals surface area contributed by atoms with Crippen LogP contribution in [0.15, 0.2) is 48.6 Å². The zero-order chi connectivity index (χ0) is 50.0. The molecule has 0 aliphatic heterocycles. The molecule has 0 radical (unpaired) electrons. The maximum atomic E-state index is 12.8. The van der Waals surface area contributed by atoms with Crippen molar-refractivity contribution in [3.05, 3.63) is 48.6 Å². The molecule has 0 bridgehead atoms. The van der Waals surface area contributed by atoms with E-state index in [1.54, 1.807) is 0 Å². The molecule has 0 aromatic heterocycles. The Labute approximate surface area is 428 Å². The quantitative estimate of drug-likeness (QED) is 0.0262. The first-order valence-corrected chi connectivity index (χ1v) is 30.1. The van der Waals surface area contributed by atoms with Gasteiger partial charge in [-0.05, 0) is 83.5 Å². The molecule has 1 unspecified atom stereocenters. The first kappa shape index (κ1) is 66.4. The Hall–Kier alpha value is -2.63. The van der Waals surface area contributed by atoms with Crippen LogP contribution >= 0.6 is 0 Å². The van der Waals surface area contributed by atoms with Gasteiger partial charge < -0.3 is 14.2 Å². The number of esters is 3. The number of carbonyl (C=O) groups excluding carboxylic acids is 3. The molecule has 6 heteroatoms. The second-order valence-corrected chi connectivity index (χ2v) is 20.3. The van der Waals surface area contributed by atoms with Gasteiger partial charge in [0.15, 0.2) is 6.10 Å². The lowest BCUT2D eigenvalue weighted by molar-refractivity contribution is -0.167. The molecule has 402 valence electrons. The van der Waals surface area contributed by atoms with Crippen molar-refractivity contribution < 1.29 is 28.6 Å². The molecule has 0 rings (SSSR count). The van der Waals surface area contributed by atoms with Crippen molar-refractivity contribution in [3.63, 3.8) is 0 Å². The fourth-order valence-corrected chi connectivity index (χ4v) is 8.74. The molecule has 6 nitrogen and oxygen atoms in total. The topological polar surface area (TPSA) is 78.9 Å². The number of hydrogen-bond donors (Lipinski definition) is 0. The normalized spacial score (nSPS) is 12.3. The monoisotopic (exact) mass is 967 g/mol. The predicted octanol–water partition coefficient (Wildman–Crippen LogP) is 20.2. The highest BCUT2D eigenvalue weighted by molar-refractivity contribution is 5.71. The van der Waals surface area contributed by atoms with Crippen molar-refractivity contribution in [1.29, 1.82) is 0 Å². The van der Waals surface area contributed by atoms with Crippen molar-refractivity contribution in [1.82, 2.24) is 0 Å². The number of allylic oxidation sites excluding steroid dienone is 8. The third-order valence-corrected chi connectivity index (χ3v) is 13.3. The average Bonchev–Trinajstić information content (AvgIpc) is 3.35. The standard InChI is InChI=1S/C63H114O6/c1-4-7-10-13-16-18-20-22-24-26-28-30-31-33-34-36-38-40-42-44-47-50-53-56-62(65)68-59-60(58-67-61(64)55-52-49-46-15-12-9-6-3)69-63(66)57-54-51-48-45-43-41-39-37-35-32-29-27-25-23-21-19-17-14-11-8-5-2/h21,23,26-29,35,37,60H,4-20,22,24-25,30-34,36,38-59H2,1-3H3/b23-21-,28-26-,29-27-,37-35-. The Morgan fingerprint density at radius 3 is 0.826 bits per heavy atom. The Morgan fingerprint density at radius 2 is 0.522 bits per heavy atom. The third-order valence-electron chi connectivity index (χ3n) is 13.3. The second kappa shape index (κ2) is 57.9. The Morgan fingerprint density at radius 1 is 0.290 bits per heavy atom. The van der Waals surface area contributed by atoms with Gasteiger partial charge in [0.05, 0.1) is 0 Å². The summed E-state index contributed by atoms with van der Waals surface area (Å²) in [7, 11) is 0. The first-order chi connectivity index (χ1) is 34.0. The van der Waals surface area contributed by atoms with Gasteiger partial charge in [-0.2, -0.15) is 0 Å². The molecule has 0 aromatic carbocycles. The SMILES string of the molecule is CCCCCCC/C=C\C/C=C\C/C=C\CCCCCCCCC(=O)OC(COC(=O)CCCCCCCCC)COC(=O)CCCCCCCCCCCCC/C=C\CCCCCCCCCC. The zero-order valence-corrected chi connectivity index (χ0v) is 46.1. The number of unbranched alkanes of at least 4 members (excludes halogenated alkanes) is 36. The number of ether oxygens (including phenoxy) is 3. The zero-order valence-electron chi connectivity index (χ0n) is 46.1. The van der Waals surface area contributed by atoms with Crippen molar-refractivity contribution >= 4 is 17.9 Å². The molecular weight excluding hydrogens is 853 g/mol. The molecular formula is C63H114O6. The molecule has 0 saturated heterocycles. The summed E-state index contributed by atoms with van der Waals surface area (Å²) in [5.41, 5.74) is 0. The fourth-order valence-electron chi connectivity index (χ4n) is 8.74. The predicted molar refractivity (Wildman–Crippen MR) is 298 cm³/mol. The van der Waals surface area contributed by atoms with Crippen LogP contribution in [0.25, 0.3) is 0 Å². The molecule has 0 saturated carbocycles. The highest BCUT2D eigenvalue weighted by Gasteiger charge is 2.19. The van der Waals surface area contributed by atoms with Gasteiger partial charge in [-0.25, -0.2) is 0 Å². The highest BCUT2D eigenvalue weighted by Crippen LogP contribution is 2.16. The van der Waals surface area contributed by atoms with E-state index in [0.717, 1.165) is 77.0 Å². The largest absolute Gasteiger partial charge is 0.462 e. The highest BCUT2D eigenvalue weighted by atomic mass is 16.6. The lowest BCUT2D eigenvalue weighted by Gasteiger charge is -2.18. The van der Waals surface area contributed by atoms with E-state index in [-0.39, 0.29) is 31.1 Å². The summed E-state index contributed by atoms with van der Waals surface area (Å²) < 4.78 is 16.8. The first-order valence-electron chi connectivity index (χ1n) is 30.1. The molecule has 0 fully saturated rings. The summed E-state index contributed by atoms with van der Waals surface area (Å²) in [6, 6.07) is 0. The van der Waals surface area contributed by atoms with Crippen LogP contribution in [0.3, 0.4) is 0 Å². The molecule has 0 aliphatic rings. The van der Waals surface area contributed by atoms with Crippen LogP contribution in [-0.4, -0.2) is 37.2 Å². The molecule has 1 atom stereocenters. The van der Waals surface area contributed by atoms with Crippen LogP contribution in [0.5, 0.6) is 0 Å². The summed E-state index contributed by atoms with van der Waals surface area (Å²) in [5, 5.41) is 0. The van der Waals surface area contributed by atoms with Gasteiger partial charge in [-0.1, -0.05) is 262 Å². The van der Waals surface area contributed by atoms with Crippen LogP contribution in [-0.2, 0) is 28.6 Å². The molecule has 0 spiro atoms. The molecule has 0 aliphatic carbocycles. The molecule has 69 heavy (non-hydrogen) atoms. The summed E-state index contributed by atoms with van der Waals surface area (Å²) in [6.07, 6.45) is 71.3. The summed E-state index contributed by atoms with van der Waals surface area (Å²) >= 11 is 0. The van der Waals surface area contributed by atoms with Crippen molar-refractivity contribution in [2.75, 3.05) is 13.2 Å². The van der Waals surface area contributed by atoms with E-state index in [1.165, 1.54) is 199 Å². The van der Waals surface area contributed by atoms with Gasteiger partial charge in [-0.15, -0.1) is 0 Å². The average molecular weight is 968 g/mol. The molecule has 0 amide bonds. The smallest absolute Gasteiger partial charge is 0.306 e.